The van der Waals surface area contributed by atoms with E-state index in [-0.39, 0.29) is 42.8 Å². The van der Waals surface area contributed by atoms with Gasteiger partial charge in [-0.3, -0.25) is 24.5 Å². The minimum absolute atomic E-state index is 0.0222. The van der Waals surface area contributed by atoms with Crippen LogP contribution in [0.4, 0.5) is 16.2 Å². The van der Waals surface area contributed by atoms with Gasteiger partial charge in [-0.05, 0) is 61.6 Å². The summed E-state index contributed by atoms with van der Waals surface area (Å²) in [6.45, 7) is 14.4. The smallest absolute Gasteiger partial charge is 0.409 e. The van der Waals surface area contributed by atoms with E-state index in [0.717, 1.165) is 11.1 Å². The van der Waals surface area contributed by atoms with Crippen LogP contribution in [0.2, 0.25) is 0 Å². The maximum Gasteiger partial charge on any atom is 0.409 e. The molecule has 2 fully saturated rings. The third-order valence-corrected chi connectivity index (χ3v) is 12.2. The summed E-state index contributed by atoms with van der Waals surface area (Å²) in [5.41, 5.74) is 7.13. The molecular weight excluding hydrogens is 797 g/mol. The van der Waals surface area contributed by atoms with E-state index >= 15 is 0 Å². The number of hydrogen-bond acceptors (Lipinski definition) is 12. The van der Waals surface area contributed by atoms with E-state index in [2.05, 4.69) is 10.6 Å². The maximum atomic E-state index is 14.6. The fourth-order valence-electron chi connectivity index (χ4n) is 8.11. The van der Waals surface area contributed by atoms with Gasteiger partial charge in [-0.25, -0.2) is 4.79 Å². The molecule has 0 spiro atoms. The number of esters is 1. The van der Waals surface area contributed by atoms with Crippen molar-refractivity contribution in [3.63, 3.8) is 0 Å². The van der Waals surface area contributed by atoms with Gasteiger partial charge >= 0.3 is 12.1 Å². The first-order valence-electron chi connectivity index (χ1n) is 21.3. The molecule has 0 aromatic heterocycles. The van der Waals surface area contributed by atoms with Gasteiger partial charge in [0.25, 0.3) is 0 Å². The van der Waals surface area contributed by atoms with Crippen LogP contribution in [0.5, 0.6) is 5.75 Å². The number of carbonyl (C=O) groups is 5. The van der Waals surface area contributed by atoms with Crippen molar-refractivity contribution in [3.05, 3.63) is 65.8 Å². The van der Waals surface area contributed by atoms with Crippen LogP contribution in [0.3, 0.4) is 0 Å². The molecule has 3 aliphatic heterocycles. The highest BCUT2D eigenvalue weighted by molar-refractivity contribution is 6.00. The second-order valence-corrected chi connectivity index (χ2v) is 17.8. The van der Waals surface area contributed by atoms with E-state index in [0.29, 0.717) is 34.7 Å². The molecule has 338 valence electrons. The lowest BCUT2D eigenvalue weighted by atomic mass is 9.83. The van der Waals surface area contributed by atoms with Gasteiger partial charge < -0.3 is 44.7 Å². The number of anilines is 2. The molecule has 2 saturated heterocycles. The predicted octanol–water partition coefficient (Wildman–Crippen LogP) is 5.85. The third kappa shape index (κ3) is 10.7. The number of methoxy groups -OCH3 is 2. The number of carbonyl (C=O) groups excluding carboxylic acids is 5. The van der Waals surface area contributed by atoms with Gasteiger partial charge in [-0.2, -0.15) is 0 Å². The van der Waals surface area contributed by atoms with E-state index < -0.39 is 71.6 Å². The first-order chi connectivity index (χ1) is 29.1. The molecule has 62 heavy (non-hydrogen) atoms. The van der Waals surface area contributed by atoms with E-state index in [1.165, 1.54) is 12.0 Å². The average molecular weight is 861 g/mol. The SMILES string of the molecule is COc1cc2cc(c1-c1ccc(NC(=O)[C@H](C)CC(=O)[C@@H](N)C(C)C)cc1)N(C)C(=O)C[C@H](OC(=O)C(C)C)[C@]1(C)O[C@H]1[C@H](C)[C@@H]1C[C@@](O)(NC(=O)O1)[C@H](OC)/C=C/C=C(\C)C2. The lowest BCUT2D eigenvalue weighted by Gasteiger charge is -2.42. The Morgan fingerprint density at radius 3 is 2.37 bits per heavy atom. The van der Waals surface area contributed by atoms with Gasteiger partial charge in [0.15, 0.2) is 11.5 Å². The molecule has 2 aromatic carbocycles. The average Bonchev–Trinajstić information content (AvgIpc) is 3.92. The summed E-state index contributed by atoms with van der Waals surface area (Å²) < 4.78 is 29.7. The minimum atomic E-state index is -1.82. The molecule has 15 heteroatoms. The molecule has 3 aliphatic rings. The van der Waals surface area contributed by atoms with Crippen molar-refractivity contribution < 1.29 is 52.8 Å². The number of nitrogens with one attached hydrogen (secondary N) is 2. The largest absolute Gasteiger partial charge is 0.496 e. The number of benzene rings is 2. The van der Waals surface area contributed by atoms with E-state index in [4.69, 9.17) is 29.4 Å². The zero-order chi connectivity index (χ0) is 45.8. The number of Topliss-reactive ketones (excluding diaryl/α,β-unsaturated/α-hetero) is 1. The molecule has 5 rings (SSSR count). The fraction of sp³-hybridized carbons (Fsp3) is 0.553. The van der Waals surface area contributed by atoms with Crippen LogP contribution in [0.25, 0.3) is 11.1 Å². The summed E-state index contributed by atoms with van der Waals surface area (Å²) in [4.78, 5) is 67.9. The minimum Gasteiger partial charge on any atom is -0.496 e. The number of rotatable bonds is 11. The van der Waals surface area contributed by atoms with Crippen LogP contribution in [0.15, 0.2) is 60.2 Å². The molecule has 5 N–H and O–H groups in total. The zero-order valence-corrected chi connectivity index (χ0v) is 37.8. The molecule has 4 bridgehead atoms. The molecule has 0 unspecified atom stereocenters. The Bertz CT molecular complexity index is 2070. The number of allylic oxidation sites excluding steroid dienone is 3. The lowest BCUT2D eigenvalue weighted by molar-refractivity contribution is -0.157. The molecule has 9 atom stereocenters. The molecule has 2 aromatic rings. The Morgan fingerprint density at radius 2 is 1.76 bits per heavy atom. The number of epoxide rings is 1. The molecule has 0 saturated carbocycles. The lowest BCUT2D eigenvalue weighted by Crippen LogP contribution is -2.63. The number of nitrogens with two attached hydrogens (primary N) is 1. The predicted molar refractivity (Wildman–Crippen MR) is 234 cm³/mol. The number of amides is 3. The second-order valence-electron chi connectivity index (χ2n) is 17.8. The number of ketones is 1. The van der Waals surface area contributed by atoms with Crippen molar-refractivity contribution in [2.75, 3.05) is 31.5 Å². The highest BCUT2D eigenvalue weighted by Gasteiger charge is 2.64. The maximum absolute atomic E-state index is 14.6. The Morgan fingerprint density at radius 1 is 1.08 bits per heavy atom. The van der Waals surface area contributed by atoms with Crippen molar-refractivity contribution in [1.29, 1.82) is 0 Å². The monoisotopic (exact) mass is 860 g/mol. The van der Waals surface area contributed by atoms with E-state index in [9.17, 15) is 29.1 Å². The van der Waals surface area contributed by atoms with Gasteiger partial charge in [0.05, 0.1) is 37.3 Å². The van der Waals surface area contributed by atoms with Gasteiger partial charge in [-0.15, -0.1) is 0 Å². The quantitative estimate of drug-likeness (QED) is 0.155. The van der Waals surface area contributed by atoms with Gasteiger partial charge in [-0.1, -0.05) is 77.5 Å². The second kappa shape index (κ2) is 19.5. The van der Waals surface area contributed by atoms with Gasteiger partial charge in [0.2, 0.25) is 11.8 Å². The van der Waals surface area contributed by atoms with Crippen molar-refractivity contribution in [3.8, 4) is 16.9 Å². The summed E-state index contributed by atoms with van der Waals surface area (Å²) in [5, 5.41) is 17.2. The first-order valence-corrected chi connectivity index (χ1v) is 21.3. The number of nitrogens with zero attached hydrogens (tertiary/aromatic N) is 1. The summed E-state index contributed by atoms with van der Waals surface area (Å²) in [6, 6.07) is 10.3. The van der Waals surface area contributed by atoms with Crippen LogP contribution in [-0.4, -0.2) is 97.8 Å². The standard InChI is InChI=1S/C47H64N4O11/c1-25(2)41(48)34(52)20-28(6)43(54)49-32-17-15-31(16-18-32)40-33-21-30(22-35(40)58-10)19-27(5)13-12-14-37(59-11)47(57)24-36(60-45(56)50-47)29(7)42-46(8,62-42)38(23-39(53)51(33)9)61-44(55)26(3)4/h12-18,21-22,25-26,28-29,36-38,41-42,57H,19-20,23-24,48H2,1-11H3,(H,49,54)(H,50,56)/b14-12+,27-13+/t28-,29-,36+,37-,38+,41+,42+,46+,47+/m1/s1. The highest BCUT2D eigenvalue weighted by atomic mass is 16.7. The molecule has 3 amide bonds. The molecule has 0 radical (unpaired) electrons. The van der Waals surface area contributed by atoms with Crippen molar-refractivity contribution in [2.24, 2.45) is 29.4 Å². The van der Waals surface area contributed by atoms with Crippen molar-refractivity contribution >= 4 is 41.0 Å². The number of aliphatic hydroxyl groups is 1. The molecular formula is C47H64N4O11. The van der Waals surface area contributed by atoms with Crippen LogP contribution < -0.4 is 26.0 Å². The third-order valence-electron chi connectivity index (χ3n) is 12.2. The Labute approximate surface area is 364 Å². The van der Waals surface area contributed by atoms with Crippen LogP contribution in [-0.2, 0) is 44.5 Å². The summed E-state index contributed by atoms with van der Waals surface area (Å²) in [6.07, 6.45) is 1.25. The topological polar surface area (TPSA) is 208 Å². The van der Waals surface area contributed by atoms with Crippen molar-refractivity contribution in [1.82, 2.24) is 5.32 Å². The summed E-state index contributed by atoms with van der Waals surface area (Å²) >= 11 is 0. The highest BCUT2D eigenvalue weighted by Crippen LogP contribution is 2.49. The Balaban J connectivity index is 1.55. The Hall–Kier alpha value is -5.09. The van der Waals surface area contributed by atoms with Crippen LogP contribution in [0.1, 0.15) is 80.2 Å². The zero-order valence-electron chi connectivity index (χ0n) is 37.8. The van der Waals surface area contributed by atoms with Gasteiger partial charge in [0, 0.05) is 50.1 Å². The number of alkyl carbamates (subject to hydrolysis) is 1. The normalized spacial score (nSPS) is 29.0. The summed E-state index contributed by atoms with van der Waals surface area (Å²) in [7, 11) is 4.64. The first kappa shape index (κ1) is 48.0. The van der Waals surface area contributed by atoms with Crippen LogP contribution >= 0.6 is 0 Å². The Kier molecular flexibility index (Phi) is 15.1. The summed E-state index contributed by atoms with van der Waals surface area (Å²) in [5.74, 6) is -2.52. The molecule has 15 nitrogen and oxygen atoms in total. The number of hydrogen-bond donors (Lipinski definition) is 4. The van der Waals surface area contributed by atoms with Crippen LogP contribution in [0, 0.1) is 23.7 Å². The van der Waals surface area contributed by atoms with E-state index in [1.807, 2.05) is 58.0 Å². The number of ether oxygens (including phenoxy) is 5. The molecule has 3 heterocycles. The fourth-order valence-corrected chi connectivity index (χ4v) is 8.11. The number of fused-ring (bicyclic) bond motifs is 5. The van der Waals surface area contributed by atoms with Crippen molar-refractivity contribution in [2.45, 2.75) is 123 Å². The van der Waals surface area contributed by atoms with Gasteiger partial charge in [0.1, 0.15) is 29.7 Å². The van der Waals surface area contributed by atoms with E-state index in [1.54, 1.807) is 66.1 Å². The molecule has 0 aliphatic carbocycles.